The van der Waals surface area contributed by atoms with Crippen molar-refractivity contribution in [3.8, 4) is 5.75 Å². The van der Waals surface area contributed by atoms with Crippen molar-refractivity contribution in [2.75, 3.05) is 5.32 Å². The Balaban J connectivity index is 1.70. The van der Waals surface area contributed by atoms with Gasteiger partial charge in [-0.15, -0.1) is 0 Å². The van der Waals surface area contributed by atoms with E-state index in [0.29, 0.717) is 5.69 Å². The van der Waals surface area contributed by atoms with Gasteiger partial charge in [-0.3, -0.25) is 9.36 Å². The van der Waals surface area contributed by atoms with Crippen LogP contribution < -0.4 is 21.4 Å². The van der Waals surface area contributed by atoms with Crippen LogP contribution in [0.5, 0.6) is 5.75 Å². The predicted octanol–water partition coefficient (Wildman–Crippen LogP) is 3.72. The van der Waals surface area contributed by atoms with Gasteiger partial charge in [0.2, 0.25) is 5.95 Å². The van der Waals surface area contributed by atoms with Crippen LogP contribution in [0.25, 0.3) is 0 Å². The molecule has 1 aromatic heterocycles. The van der Waals surface area contributed by atoms with Crippen LogP contribution in [0.2, 0.25) is 0 Å². The van der Waals surface area contributed by atoms with Crippen molar-refractivity contribution in [3.63, 3.8) is 0 Å². The van der Waals surface area contributed by atoms with Crippen LogP contribution in [0.4, 0.5) is 11.6 Å². The monoisotopic (exact) mass is 478 g/mol. The number of anilines is 2. The molecule has 0 unspecified atom stereocenters. The lowest BCUT2D eigenvalue weighted by atomic mass is 9.96. The van der Waals surface area contributed by atoms with E-state index in [-0.39, 0.29) is 18.6 Å². The molecule has 1 aliphatic rings. The van der Waals surface area contributed by atoms with Gasteiger partial charge in [-0.2, -0.15) is 4.98 Å². The summed E-state index contributed by atoms with van der Waals surface area (Å²) in [6.45, 7) is 5.12. The van der Waals surface area contributed by atoms with E-state index in [1.54, 1.807) is 12.1 Å². The fourth-order valence-electron chi connectivity index (χ4n) is 3.83. The quantitative estimate of drug-likeness (QED) is 0.482. The molecule has 184 valence electrons. The van der Waals surface area contributed by atoms with Crippen molar-refractivity contribution in [1.82, 2.24) is 14.1 Å². The van der Waals surface area contributed by atoms with E-state index in [0.717, 1.165) is 34.3 Å². The largest absolute Gasteiger partial charge is 0.490 e. The maximum absolute atomic E-state index is 13.5. The molecule has 0 radical (unpaired) electrons. The van der Waals surface area contributed by atoms with Crippen molar-refractivity contribution in [1.29, 1.82) is 0 Å². The maximum atomic E-state index is 13.5. The lowest BCUT2D eigenvalue weighted by molar-refractivity contribution is -0.142. The molecule has 1 fully saturated rings. The summed E-state index contributed by atoms with van der Waals surface area (Å²) in [4.78, 5) is 42.0. The number of aliphatic carboxylic acids is 1. The fraction of sp³-hybridized carbons (Fsp3) is 0.385. The van der Waals surface area contributed by atoms with Crippen LogP contribution >= 0.6 is 0 Å². The number of hydrogen-bond donors (Lipinski definition) is 2. The molecule has 2 N–H and O–H groups in total. The van der Waals surface area contributed by atoms with Crippen LogP contribution in [0.1, 0.15) is 50.3 Å². The van der Waals surface area contributed by atoms with Crippen LogP contribution in [-0.2, 0) is 11.3 Å². The van der Waals surface area contributed by atoms with Crippen molar-refractivity contribution in [2.24, 2.45) is 5.92 Å². The first-order valence-electron chi connectivity index (χ1n) is 11.8. The Bertz CT molecular complexity index is 1310. The molecule has 2 atom stereocenters. The molecule has 3 aromatic rings. The molecule has 0 saturated heterocycles. The maximum Gasteiger partial charge on any atom is 0.355 e. The number of ether oxygens (including phenoxy) is 1. The van der Waals surface area contributed by atoms with Gasteiger partial charge in [0, 0.05) is 5.69 Å². The van der Waals surface area contributed by atoms with E-state index in [1.807, 2.05) is 43.3 Å². The summed E-state index contributed by atoms with van der Waals surface area (Å²) < 4.78 is 8.16. The van der Waals surface area contributed by atoms with Crippen LogP contribution in [0, 0.1) is 12.8 Å². The van der Waals surface area contributed by atoms with Gasteiger partial charge in [0.15, 0.2) is 0 Å². The zero-order chi connectivity index (χ0) is 25.1. The summed E-state index contributed by atoms with van der Waals surface area (Å²) in [6, 6.07) is 14.1. The van der Waals surface area contributed by atoms with Crippen molar-refractivity contribution >= 4 is 17.6 Å². The van der Waals surface area contributed by atoms with Gasteiger partial charge in [-0.25, -0.2) is 14.2 Å². The number of carboxylic acids is 1. The first-order valence-corrected chi connectivity index (χ1v) is 11.8. The highest BCUT2D eigenvalue weighted by Crippen LogP contribution is 2.26. The Labute approximate surface area is 203 Å². The molecule has 1 saturated carbocycles. The average molecular weight is 479 g/mol. The number of nitrogens with zero attached hydrogens (tertiary/aromatic N) is 3. The first-order chi connectivity index (χ1) is 16.7. The highest BCUT2D eigenvalue weighted by molar-refractivity contribution is 5.70. The first kappa shape index (κ1) is 24.3. The van der Waals surface area contributed by atoms with E-state index < -0.39 is 29.3 Å². The number of carboxylic acid groups (broad SMARTS) is 1. The number of nitrogens with one attached hydrogen (secondary N) is 1. The number of carbonyl (C=O) groups is 1. The van der Waals surface area contributed by atoms with Gasteiger partial charge in [0.25, 0.3) is 0 Å². The molecule has 35 heavy (non-hydrogen) atoms. The van der Waals surface area contributed by atoms with Gasteiger partial charge < -0.3 is 15.2 Å². The number of aromatic nitrogens is 3. The molecule has 2 aromatic carbocycles. The van der Waals surface area contributed by atoms with E-state index in [4.69, 9.17) is 4.74 Å². The number of hydrogen-bond acceptors (Lipinski definition) is 6. The molecule has 0 spiro atoms. The Hall–Kier alpha value is -3.88. The summed E-state index contributed by atoms with van der Waals surface area (Å²) in [5.41, 5.74) is 1.13. The highest BCUT2D eigenvalue weighted by Gasteiger charge is 2.26. The zero-order valence-corrected chi connectivity index (χ0v) is 20.1. The lowest BCUT2D eigenvalue weighted by Gasteiger charge is -2.26. The van der Waals surface area contributed by atoms with Gasteiger partial charge in [-0.05, 0) is 69.9 Å². The van der Waals surface area contributed by atoms with Crippen LogP contribution in [-0.4, -0.2) is 31.3 Å². The van der Waals surface area contributed by atoms with E-state index in [1.165, 1.54) is 24.8 Å². The van der Waals surface area contributed by atoms with E-state index in [2.05, 4.69) is 10.3 Å². The third kappa shape index (κ3) is 5.45. The van der Waals surface area contributed by atoms with Crippen molar-refractivity contribution in [3.05, 3.63) is 80.6 Å². The average Bonchev–Trinajstić information content (AvgIpc) is 2.80. The number of aryl methyl sites for hydroxylation is 1. The molecule has 0 bridgehead atoms. The minimum Gasteiger partial charge on any atom is -0.490 e. The molecule has 1 aliphatic carbocycles. The summed E-state index contributed by atoms with van der Waals surface area (Å²) in [6.07, 6.45) is 3.57. The third-order valence-electron chi connectivity index (χ3n) is 6.55. The van der Waals surface area contributed by atoms with Gasteiger partial charge in [0.1, 0.15) is 5.75 Å². The Morgan fingerprint density at radius 2 is 1.77 bits per heavy atom. The topological polar surface area (TPSA) is 115 Å². The second-order valence-electron chi connectivity index (χ2n) is 9.13. The zero-order valence-electron chi connectivity index (χ0n) is 20.1. The minimum absolute atomic E-state index is 0.0830. The second kappa shape index (κ2) is 10.2. The Morgan fingerprint density at radius 1 is 1.11 bits per heavy atom. The van der Waals surface area contributed by atoms with Gasteiger partial charge >= 0.3 is 17.3 Å². The summed E-state index contributed by atoms with van der Waals surface area (Å²) in [5.74, 6) is -1.20. The van der Waals surface area contributed by atoms with E-state index in [9.17, 15) is 19.5 Å². The predicted molar refractivity (Wildman–Crippen MR) is 133 cm³/mol. The summed E-state index contributed by atoms with van der Waals surface area (Å²) in [7, 11) is 0. The number of rotatable bonds is 9. The SMILES string of the molecule is Cc1ccc(Cn2c(Nc3ccc(OC4CCC4)cc3)nc(=O)n([C@@H](C)[C@@H](C)C(=O)O)c2=O)cc1. The molecule has 0 aliphatic heterocycles. The minimum atomic E-state index is -1.10. The van der Waals surface area contributed by atoms with Crippen LogP contribution in [0.15, 0.2) is 58.1 Å². The fourth-order valence-corrected chi connectivity index (χ4v) is 3.83. The van der Waals surface area contributed by atoms with Gasteiger partial charge in [-0.1, -0.05) is 29.8 Å². The standard InChI is InChI=1S/C26H30N4O5/c1-16-7-9-19(10-8-16)15-29-24(27-20-11-13-22(14-12-20)35-21-5-4-6-21)28-25(33)30(26(29)34)18(3)17(2)23(31)32/h7-14,17-18,21H,4-6,15H2,1-3H3,(H,31,32)(H,27,28,33)/t17-,18+/m1/s1. The summed E-state index contributed by atoms with van der Waals surface area (Å²) in [5, 5.41) is 12.5. The lowest BCUT2D eigenvalue weighted by Crippen LogP contribution is -2.46. The molecule has 0 amide bonds. The molecule has 1 heterocycles. The normalized spacial score (nSPS) is 15.2. The molecule has 4 rings (SSSR count). The Morgan fingerprint density at radius 3 is 2.34 bits per heavy atom. The molecule has 9 heteroatoms. The third-order valence-corrected chi connectivity index (χ3v) is 6.55. The van der Waals surface area contributed by atoms with Crippen LogP contribution in [0.3, 0.4) is 0 Å². The van der Waals surface area contributed by atoms with Crippen molar-refractivity contribution in [2.45, 2.75) is 58.7 Å². The summed E-state index contributed by atoms with van der Waals surface area (Å²) >= 11 is 0. The number of benzene rings is 2. The highest BCUT2D eigenvalue weighted by atomic mass is 16.5. The van der Waals surface area contributed by atoms with Crippen molar-refractivity contribution < 1.29 is 14.6 Å². The Kier molecular flexibility index (Phi) is 7.04. The second-order valence-corrected chi connectivity index (χ2v) is 9.13. The molecular formula is C26H30N4O5. The molecule has 9 nitrogen and oxygen atoms in total. The smallest absolute Gasteiger partial charge is 0.355 e. The van der Waals surface area contributed by atoms with Gasteiger partial charge in [0.05, 0.1) is 24.6 Å². The molecular weight excluding hydrogens is 448 g/mol. The van der Waals surface area contributed by atoms with E-state index >= 15 is 0 Å².